The average molecular weight is 550 g/mol. The van der Waals surface area contributed by atoms with Crippen molar-refractivity contribution >= 4 is 23.6 Å². The molecule has 0 saturated heterocycles. The lowest BCUT2D eigenvalue weighted by Gasteiger charge is -2.47. The van der Waals surface area contributed by atoms with Crippen LogP contribution in [-0.4, -0.2) is 46.2 Å². The van der Waals surface area contributed by atoms with Crippen LogP contribution in [0.3, 0.4) is 0 Å². The molecule has 1 aliphatic carbocycles. The van der Waals surface area contributed by atoms with E-state index < -0.39 is 23.6 Å². The Morgan fingerprint density at radius 3 is 2.59 bits per heavy atom. The van der Waals surface area contributed by atoms with Gasteiger partial charge in [-0.3, -0.25) is 24.1 Å². The third kappa shape index (κ3) is 5.12. The number of esters is 1. The third-order valence-corrected chi connectivity index (χ3v) is 8.65. The minimum atomic E-state index is -0.723. The largest absolute Gasteiger partial charge is 0.451 e. The van der Waals surface area contributed by atoms with Crippen molar-refractivity contribution in [1.82, 2.24) is 9.58 Å². The smallest absolute Gasteiger partial charge is 0.314 e. The SMILES string of the molecule is CC(C)N1CN(C2c3ccccc3CSC3C=CC=CC32)n2ccc(=O)c(OCOC(=O)C(C)(C)C)c2C1=O. The molecule has 39 heavy (non-hydrogen) atoms. The van der Waals surface area contributed by atoms with E-state index in [1.807, 2.05) is 25.6 Å². The zero-order chi connectivity index (χ0) is 27.9. The number of thioether (sulfide) groups is 1. The second-order valence-corrected chi connectivity index (χ2v) is 12.5. The Balaban J connectivity index is 1.62. The lowest BCUT2D eigenvalue weighted by atomic mass is 9.85. The van der Waals surface area contributed by atoms with Gasteiger partial charge < -0.3 is 14.4 Å². The summed E-state index contributed by atoms with van der Waals surface area (Å²) in [5.74, 6) is 0.140. The van der Waals surface area contributed by atoms with Gasteiger partial charge in [-0.15, -0.1) is 11.8 Å². The van der Waals surface area contributed by atoms with Gasteiger partial charge in [0.25, 0.3) is 5.91 Å². The van der Waals surface area contributed by atoms with E-state index in [9.17, 15) is 14.4 Å². The summed E-state index contributed by atoms with van der Waals surface area (Å²) in [6.07, 6.45) is 10.3. The molecule has 0 saturated carbocycles. The number of ether oxygens (including phenoxy) is 2. The fraction of sp³-hybridized carbons (Fsp3) is 0.433. The third-order valence-electron chi connectivity index (χ3n) is 7.32. The lowest BCUT2D eigenvalue weighted by Crippen LogP contribution is -2.58. The highest BCUT2D eigenvalue weighted by Crippen LogP contribution is 2.45. The average Bonchev–Trinajstić information content (AvgIpc) is 3.06. The van der Waals surface area contributed by atoms with Crippen molar-refractivity contribution in [2.75, 3.05) is 18.5 Å². The van der Waals surface area contributed by atoms with Gasteiger partial charge in [0.05, 0.1) is 11.5 Å². The van der Waals surface area contributed by atoms with Gasteiger partial charge in [-0.1, -0.05) is 48.6 Å². The van der Waals surface area contributed by atoms with Crippen LogP contribution >= 0.6 is 11.8 Å². The first-order valence-electron chi connectivity index (χ1n) is 13.3. The maximum atomic E-state index is 13.8. The zero-order valence-corrected chi connectivity index (χ0v) is 23.8. The highest BCUT2D eigenvalue weighted by molar-refractivity contribution is 7.99. The molecule has 2 aromatic rings. The van der Waals surface area contributed by atoms with E-state index in [0.29, 0.717) is 6.67 Å². The molecule has 3 atom stereocenters. The van der Waals surface area contributed by atoms with Crippen LogP contribution < -0.4 is 15.2 Å². The van der Waals surface area contributed by atoms with Crippen LogP contribution in [0.4, 0.5) is 0 Å². The number of carbonyl (C=O) groups is 2. The van der Waals surface area contributed by atoms with Crippen molar-refractivity contribution in [3.8, 4) is 5.75 Å². The summed E-state index contributed by atoms with van der Waals surface area (Å²) in [6.45, 7) is 9.01. The van der Waals surface area contributed by atoms with E-state index in [1.165, 1.54) is 17.2 Å². The van der Waals surface area contributed by atoms with Gasteiger partial charge in [-0.25, -0.2) is 0 Å². The van der Waals surface area contributed by atoms with Gasteiger partial charge in [0.2, 0.25) is 18.0 Å². The summed E-state index contributed by atoms with van der Waals surface area (Å²) in [7, 11) is 0. The van der Waals surface area contributed by atoms with E-state index in [-0.39, 0.29) is 40.6 Å². The standard InChI is InChI=1S/C30H35N3O5S/c1-19(2)31-17-33(25-21-11-7-6-10-20(21)16-39-24-13-9-8-12-22(24)25)32-15-14-23(34)27(26(32)28(31)35)37-18-38-29(36)30(3,4)5/h6-15,19,22,24-25H,16-18H2,1-5H3. The van der Waals surface area contributed by atoms with Crippen LogP contribution in [0, 0.1) is 11.3 Å². The molecule has 0 N–H and O–H groups in total. The number of allylic oxidation sites excluding steroid dienone is 2. The molecule has 0 bridgehead atoms. The molecule has 9 heteroatoms. The predicted molar refractivity (Wildman–Crippen MR) is 152 cm³/mol. The number of rotatable bonds is 5. The Bertz CT molecular complexity index is 1390. The fourth-order valence-electron chi connectivity index (χ4n) is 5.22. The van der Waals surface area contributed by atoms with Gasteiger partial charge in [0, 0.05) is 35.2 Å². The maximum Gasteiger partial charge on any atom is 0.314 e. The molecule has 3 heterocycles. The molecular weight excluding hydrogens is 514 g/mol. The monoisotopic (exact) mass is 549 g/mol. The topological polar surface area (TPSA) is 81.1 Å². The van der Waals surface area contributed by atoms with Crippen LogP contribution in [0.5, 0.6) is 5.75 Å². The lowest BCUT2D eigenvalue weighted by molar-refractivity contribution is -0.159. The summed E-state index contributed by atoms with van der Waals surface area (Å²) < 4.78 is 12.8. The van der Waals surface area contributed by atoms with Crippen molar-refractivity contribution in [2.45, 2.75) is 57.7 Å². The minimum absolute atomic E-state index is 0.107. The number of carbonyl (C=O) groups excluding carboxylic acids is 2. The fourth-order valence-corrected chi connectivity index (χ4v) is 6.52. The Morgan fingerprint density at radius 1 is 1.10 bits per heavy atom. The van der Waals surface area contributed by atoms with E-state index in [1.54, 1.807) is 36.5 Å². The van der Waals surface area contributed by atoms with Crippen LogP contribution in [0.1, 0.15) is 62.3 Å². The molecule has 206 valence electrons. The molecule has 2 aliphatic heterocycles. The molecule has 0 spiro atoms. The Hall–Kier alpha value is -3.46. The van der Waals surface area contributed by atoms with E-state index in [0.717, 1.165) is 5.75 Å². The molecule has 0 radical (unpaired) electrons. The Morgan fingerprint density at radius 2 is 1.85 bits per heavy atom. The number of aromatic nitrogens is 1. The number of amides is 1. The van der Waals surface area contributed by atoms with Gasteiger partial charge in [0.15, 0.2) is 5.69 Å². The molecule has 0 fully saturated rings. The molecule has 5 rings (SSSR count). The van der Waals surface area contributed by atoms with Crippen molar-refractivity contribution in [1.29, 1.82) is 0 Å². The number of pyridine rings is 1. The number of benzene rings is 1. The second kappa shape index (κ2) is 10.6. The van der Waals surface area contributed by atoms with Crippen molar-refractivity contribution in [3.05, 3.63) is 87.9 Å². The number of hydrogen-bond acceptors (Lipinski definition) is 7. The highest BCUT2D eigenvalue weighted by atomic mass is 32.2. The number of fused-ring (bicyclic) bond motifs is 3. The second-order valence-electron chi connectivity index (χ2n) is 11.4. The summed E-state index contributed by atoms with van der Waals surface area (Å²) >= 11 is 1.91. The first-order valence-corrected chi connectivity index (χ1v) is 14.3. The van der Waals surface area contributed by atoms with E-state index in [2.05, 4.69) is 53.6 Å². The summed E-state index contributed by atoms with van der Waals surface area (Å²) in [6, 6.07) is 9.62. The molecule has 3 aliphatic rings. The summed E-state index contributed by atoms with van der Waals surface area (Å²) in [5.41, 5.74) is 1.42. The van der Waals surface area contributed by atoms with Crippen LogP contribution in [0.15, 0.2) is 65.6 Å². The van der Waals surface area contributed by atoms with Gasteiger partial charge in [0.1, 0.15) is 6.67 Å². The maximum absolute atomic E-state index is 13.8. The highest BCUT2D eigenvalue weighted by Gasteiger charge is 2.43. The Labute approximate surface area is 233 Å². The quantitative estimate of drug-likeness (QED) is 0.397. The molecule has 8 nitrogen and oxygen atoms in total. The first-order chi connectivity index (χ1) is 18.6. The van der Waals surface area contributed by atoms with Crippen molar-refractivity contribution in [3.63, 3.8) is 0 Å². The summed E-state index contributed by atoms with van der Waals surface area (Å²) in [4.78, 5) is 40.9. The molecule has 3 unspecified atom stereocenters. The zero-order valence-electron chi connectivity index (χ0n) is 23.0. The van der Waals surface area contributed by atoms with Gasteiger partial charge in [-0.05, 0) is 45.7 Å². The molecule has 1 amide bonds. The number of hydrogen-bond donors (Lipinski definition) is 0. The number of nitrogens with zero attached hydrogens (tertiary/aromatic N) is 3. The van der Waals surface area contributed by atoms with Crippen molar-refractivity contribution < 1.29 is 19.1 Å². The van der Waals surface area contributed by atoms with Crippen LogP contribution in [0.2, 0.25) is 0 Å². The van der Waals surface area contributed by atoms with Gasteiger partial charge >= 0.3 is 5.97 Å². The Kier molecular flexibility index (Phi) is 7.37. The molecule has 1 aromatic heterocycles. The summed E-state index contributed by atoms with van der Waals surface area (Å²) in [5, 5.41) is 2.42. The van der Waals surface area contributed by atoms with E-state index in [4.69, 9.17) is 9.47 Å². The first kappa shape index (κ1) is 27.1. The van der Waals surface area contributed by atoms with Gasteiger partial charge in [-0.2, -0.15) is 0 Å². The normalized spacial score (nSPS) is 22.2. The van der Waals surface area contributed by atoms with E-state index >= 15 is 0 Å². The van der Waals surface area contributed by atoms with Crippen LogP contribution in [-0.2, 0) is 15.3 Å². The minimum Gasteiger partial charge on any atom is -0.451 e. The molecular formula is C30H35N3O5S. The molecule has 1 aromatic carbocycles. The van der Waals surface area contributed by atoms with Crippen molar-refractivity contribution in [2.24, 2.45) is 11.3 Å². The van der Waals surface area contributed by atoms with Crippen LogP contribution in [0.25, 0.3) is 0 Å². The predicted octanol–water partition coefficient (Wildman–Crippen LogP) is 4.63.